The van der Waals surface area contributed by atoms with Crippen LogP contribution in [0.1, 0.15) is 18.4 Å². The van der Waals surface area contributed by atoms with Crippen molar-refractivity contribution < 1.29 is 28.2 Å². The Labute approximate surface area is 142 Å². The first kappa shape index (κ1) is 18.3. The van der Waals surface area contributed by atoms with E-state index in [1.165, 1.54) is 23.1 Å². The molecule has 1 aromatic carbocycles. The normalized spacial score (nSPS) is 15.4. The highest BCUT2D eigenvalue weighted by Gasteiger charge is 2.26. The van der Waals surface area contributed by atoms with Crippen LogP contribution in [0.25, 0.3) is 0 Å². The quantitative estimate of drug-likeness (QED) is 0.844. The number of alkyl halides is 2. The lowest BCUT2D eigenvalue weighted by Crippen LogP contribution is -2.45. The molecule has 1 fully saturated rings. The zero-order valence-electron chi connectivity index (χ0n) is 12.7. The first-order chi connectivity index (χ1) is 11.4. The number of rotatable bonds is 5. The van der Waals surface area contributed by atoms with Crippen molar-refractivity contribution in [2.75, 3.05) is 13.1 Å². The van der Waals surface area contributed by atoms with E-state index < -0.39 is 18.5 Å². The summed E-state index contributed by atoms with van der Waals surface area (Å²) in [5.74, 6) is -1.35. The minimum absolute atomic E-state index is 0.0275. The number of carboxylic acids is 1. The van der Waals surface area contributed by atoms with E-state index in [0.717, 1.165) is 0 Å². The number of urea groups is 1. The van der Waals surface area contributed by atoms with E-state index in [1.807, 2.05) is 0 Å². The molecule has 2 N–H and O–H groups in total. The average Bonchev–Trinajstić information content (AvgIpc) is 2.54. The number of likely N-dealkylation sites (tertiary alicyclic amines) is 1. The largest absolute Gasteiger partial charge is 0.481 e. The van der Waals surface area contributed by atoms with Crippen LogP contribution < -0.4 is 10.1 Å². The fraction of sp³-hybridized carbons (Fsp3) is 0.467. The van der Waals surface area contributed by atoms with Crippen molar-refractivity contribution in [1.29, 1.82) is 0 Å². The van der Waals surface area contributed by atoms with Gasteiger partial charge in [-0.25, -0.2) is 4.79 Å². The summed E-state index contributed by atoms with van der Waals surface area (Å²) < 4.78 is 29.2. The van der Waals surface area contributed by atoms with Gasteiger partial charge in [0, 0.05) is 30.2 Å². The summed E-state index contributed by atoms with van der Waals surface area (Å²) in [5, 5.41) is 11.9. The number of carbonyl (C=O) groups excluding carboxylic acids is 1. The lowest BCUT2D eigenvalue weighted by Gasteiger charge is -2.30. The second-order valence-electron chi connectivity index (χ2n) is 5.39. The number of amides is 2. The molecule has 132 valence electrons. The maximum Gasteiger partial charge on any atom is 0.387 e. The number of aliphatic carboxylic acids is 1. The highest BCUT2D eigenvalue weighted by atomic mass is 35.5. The van der Waals surface area contributed by atoms with Gasteiger partial charge in [0.15, 0.2) is 0 Å². The molecule has 0 aromatic heterocycles. The van der Waals surface area contributed by atoms with Gasteiger partial charge in [-0.2, -0.15) is 8.78 Å². The molecule has 1 aliphatic rings. The first-order valence-electron chi connectivity index (χ1n) is 7.35. The van der Waals surface area contributed by atoms with Crippen molar-refractivity contribution in [3.63, 3.8) is 0 Å². The standard InChI is InChI=1S/C15H17ClF2N2O4/c16-11-1-2-12(24-14(17)18)10(7-11)8-19-15(23)20-5-3-9(4-6-20)13(21)22/h1-2,7,9,14H,3-6,8H2,(H,19,23)(H,21,22). The summed E-state index contributed by atoms with van der Waals surface area (Å²) in [6, 6.07) is 3.79. The molecule has 1 aromatic rings. The molecule has 24 heavy (non-hydrogen) atoms. The number of nitrogens with zero attached hydrogens (tertiary/aromatic N) is 1. The Kier molecular flexibility index (Phi) is 6.19. The van der Waals surface area contributed by atoms with Gasteiger partial charge in [0.25, 0.3) is 0 Å². The maximum atomic E-state index is 12.4. The van der Waals surface area contributed by atoms with E-state index in [0.29, 0.717) is 36.5 Å². The van der Waals surface area contributed by atoms with Gasteiger partial charge in [0.1, 0.15) is 5.75 Å². The van der Waals surface area contributed by atoms with Crippen molar-refractivity contribution in [3.05, 3.63) is 28.8 Å². The minimum Gasteiger partial charge on any atom is -0.481 e. The van der Waals surface area contributed by atoms with Crippen LogP contribution in [0.5, 0.6) is 5.75 Å². The van der Waals surface area contributed by atoms with Crippen molar-refractivity contribution >= 4 is 23.6 Å². The number of benzene rings is 1. The van der Waals surface area contributed by atoms with Gasteiger partial charge < -0.3 is 20.1 Å². The summed E-state index contributed by atoms with van der Waals surface area (Å²) >= 11 is 5.84. The first-order valence-corrected chi connectivity index (χ1v) is 7.73. The number of hydrogen-bond donors (Lipinski definition) is 2. The monoisotopic (exact) mass is 362 g/mol. The maximum absolute atomic E-state index is 12.4. The van der Waals surface area contributed by atoms with Crippen molar-refractivity contribution in [1.82, 2.24) is 10.2 Å². The summed E-state index contributed by atoms with van der Waals surface area (Å²) in [4.78, 5) is 24.5. The van der Waals surface area contributed by atoms with Crippen LogP contribution in [0.4, 0.5) is 13.6 Å². The SMILES string of the molecule is O=C(O)C1CCN(C(=O)NCc2cc(Cl)ccc2OC(F)F)CC1. The summed E-state index contributed by atoms with van der Waals surface area (Å²) in [7, 11) is 0. The molecule has 1 saturated heterocycles. The molecule has 6 nitrogen and oxygen atoms in total. The molecule has 0 unspecified atom stereocenters. The number of carboxylic acid groups (broad SMARTS) is 1. The van der Waals surface area contributed by atoms with E-state index in [2.05, 4.69) is 10.1 Å². The van der Waals surface area contributed by atoms with Crippen LogP contribution in [0.15, 0.2) is 18.2 Å². The Hall–Kier alpha value is -2.09. The van der Waals surface area contributed by atoms with Crippen LogP contribution in [0.3, 0.4) is 0 Å². The average molecular weight is 363 g/mol. The van der Waals surface area contributed by atoms with E-state index in [9.17, 15) is 18.4 Å². The van der Waals surface area contributed by atoms with Crippen molar-refractivity contribution in [2.24, 2.45) is 5.92 Å². The molecule has 1 heterocycles. The fourth-order valence-corrected chi connectivity index (χ4v) is 2.70. The summed E-state index contributed by atoms with van der Waals surface area (Å²) in [6.45, 7) is -2.34. The second-order valence-corrected chi connectivity index (χ2v) is 5.83. The zero-order valence-corrected chi connectivity index (χ0v) is 13.4. The van der Waals surface area contributed by atoms with E-state index in [-0.39, 0.29) is 18.3 Å². The number of halogens is 3. The molecule has 9 heteroatoms. The molecule has 2 amide bonds. The minimum atomic E-state index is -2.98. The summed E-state index contributed by atoms with van der Waals surface area (Å²) in [6.07, 6.45) is 0.777. The predicted octanol–water partition coefficient (Wildman–Crippen LogP) is 2.95. The van der Waals surface area contributed by atoms with Crippen molar-refractivity contribution in [2.45, 2.75) is 26.0 Å². The van der Waals surface area contributed by atoms with Gasteiger partial charge in [0.2, 0.25) is 0 Å². The van der Waals surface area contributed by atoms with Gasteiger partial charge in [-0.05, 0) is 31.0 Å². The Balaban J connectivity index is 1.92. The zero-order chi connectivity index (χ0) is 17.7. The van der Waals surface area contributed by atoms with Crippen molar-refractivity contribution in [3.8, 4) is 5.75 Å². The van der Waals surface area contributed by atoms with Gasteiger partial charge in [-0.3, -0.25) is 4.79 Å². The summed E-state index contributed by atoms with van der Waals surface area (Å²) in [5.41, 5.74) is 0.330. The number of hydrogen-bond acceptors (Lipinski definition) is 3. The molecule has 2 rings (SSSR count). The number of piperidine rings is 1. The topological polar surface area (TPSA) is 78.9 Å². The van der Waals surface area contributed by atoms with Gasteiger partial charge in [-0.1, -0.05) is 11.6 Å². The molecule has 0 aliphatic carbocycles. The number of carbonyl (C=O) groups is 2. The molecular formula is C15H17ClF2N2O4. The lowest BCUT2D eigenvalue weighted by atomic mass is 9.97. The van der Waals surface area contributed by atoms with Crippen LogP contribution in [-0.2, 0) is 11.3 Å². The second kappa shape index (κ2) is 8.14. The molecule has 1 aliphatic heterocycles. The molecule has 0 spiro atoms. The Morgan fingerprint density at radius 1 is 1.38 bits per heavy atom. The molecule has 0 saturated carbocycles. The van der Waals surface area contributed by atoms with Crippen LogP contribution >= 0.6 is 11.6 Å². The van der Waals surface area contributed by atoms with E-state index in [1.54, 1.807) is 0 Å². The fourth-order valence-electron chi connectivity index (χ4n) is 2.51. The Morgan fingerprint density at radius 2 is 2.04 bits per heavy atom. The van der Waals surface area contributed by atoms with Gasteiger partial charge in [-0.15, -0.1) is 0 Å². The van der Waals surface area contributed by atoms with Gasteiger partial charge in [0.05, 0.1) is 5.92 Å². The smallest absolute Gasteiger partial charge is 0.387 e. The highest BCUT2D eigenvalue weighted by Crippen LogP contribution is 2.24. The Bertz CT molecular complexity index is 607. The predicted molar refractivity (Wildman–Crippen MR) is 82.3 cm³/mol. The molecule has 0 atom stereocenters. The number of ether oxygens (including phenoxy) is 1. The molecule has 0 bridgehead atoms. The highest BCUT2D eigenvalue weighted by molar-refractivity contribution is 6.30. The molecule has 0 radical (unpaired) electrons. The van der Waals surface area contributed by atoms with Crippen LogP contribution in [0, 0.1) is 5.92 Å². The van der Waals surface area contributed by atoms with E-state index in [4.69, 9.17) is 16.7 Å². The van der Waals surface area contributed by atoms with Crippen LogP contribution in [-0.4, -0.2) is 41.7 Å². The molecular weight excluding hydrogens is 346 g/mol. The number of nitrogens with one attached hydrogen (secondary N) is 1. The third kappa shape index (κ3) is 4.95. The lowest BCUT2D eigenvalue weighted by molar-refractivity contribution is -0.143. The van der Waals surface area contributed by atoms with E-state index >= 15 is 0 Å². The third-order valence-corrected chi connectivity index (χ3v) is 4.04. The van der Waals surface area contributed by atoms with Gasteiger partial charge >= 0.3 is 18.6 Å². The third-order valence-electron chi connectivity index (χ3n) is 3.80. The Morgan fingerprint density at radius 3 is 2.62 bits per heavy atom. The van der Waals surface area contributed by atoms with Crippen LogP contribution in [0.2, 0.25) is 5.02 Å².